The van der Waals surface area contributed by atoms with Gasteiger partial charge in [0, 0.05) is 38.2 Å². The monoisotopic (exact) mass is 388 g/mol. The van der Waals surface area contributed by atoms with E-state index in [2.05, 4.69) is 48.0 Å². The first-order valence-electron chi connectivity index (χ1n) is 9.86. The lowest BCUT2D eigenvalue weighted by molar-refractivity contribution is -0.127. The normalized spacial score (nSPS) is 11.1. The molecule has 150 valence electrons. The number of hydrogen-bond donors (Lipinski definition) is 0. The zero-order chi connectivity index (χ0) is 20.5. The van der Waals surface area contributed by atoms with Crippen molar-refractivity contribution in [2.75, 3.05) is 20.3 Å². The number of aromatic nitrogens is 1. The third-order valence-electron chi connectivity index (χ3n) is 4.81. The standard InChI is InChI=1S/C25H28N2O2/c1-21-8-6-11-23(18-21)19-26-15-7-12-24(26)20-27(16-17-29-2)25(28)14-13-22-9-4-3-5-10-22/h3-15,18H,16-17,19-20H2,1-2H3. The molecule has 3 aromatic rings. The first kappa shape index (κ1) is 20.6. The van der Waals surface area contributed by atoms with Gasteiger partial charge in [0.05, 0.1) is 13.2 Å². The van der Waals surface area contributed by atoms with Crippen LogP contribution in [0.2, 0.25) is 0 Å². The second-order valence-electron chi connectivity index (χ2n) is 7.11. The second kappa shape index (κ2) is 10.4. The van der Waals surface area contributed by atoms with Crippen molar-refractivity contribution in [1.29, 1.82) is 0 Å². The molecule has 0 N–H and O–H groups in total. The van der Waals surface area contributed by atoms with Crippen LogP contribution in [0, 0.1) is 6.92 Å². The molecule has 2 aromatic carbocycles. The fraction of sp³-hybridized carbons (Fsp3) is 0.240. The second-order valence-corrected chi connectivity index (χ2v) is 7.11. The van der Waals surface area contributed by atoms with Crippen molar-refractivity contribution in [2.24, 2.45) is 0 Å². The smallest absolute Gasteiger partial charge is 0.247 e. The lowest BCUT2D eigenvalue weighted by Gasteiger charge is -2.22. The Balaban J connectivity index is 1.72. The molecule has 4 heteroatoms. The number of carbonyl (C=O) groups is 1. The minimum atomic E-state index is -0.0193. The van der Waals surface area contributed by atoms with E-state index in [0.717, 1.165) is 17.8 Å². The van der Waals surface area contributed by atoms with Crippen molar-refractivity contribution in [1.82, 2.24) is 9.47 Å². The van der Waals surface area contributed by atoms with Crippen LogP contribution in [0.1, 0.15) is 22.4 Å². The molecule has 0 unspecified atom stereocenters. The van der Waals surface area contributed by atoms with Crippen molar-refractivity contribution in [3.63, 3.8) is 0 Å². The molecule has 0 aliphatic carbocycles. The number of nitrogens with zero attached hydrogens (tertiary/aromatic N) is 2. The van der Waals surface area contributed by atoms with Gasteiger partial charge in [-0.1, -0.05) is 60.2 Å². The molecule has 0 bridgehead atoms. The average Bonchev–Trinajstić information content (AvgIpc) is 3.16. The Morgan fingerprint density at radius 2 is 1.90 bits per heavy atom. The van der Waals surface area contributed by atoms with E-state index in [0.29, 0.717) is 19.7 Å². The van der Waals surface area contributed by atoms with Crippen LogP contribution in [0.5, 0.6) is 0 Å². The number of rotatable bonds is 9. The fourth-order valence-electron chi connectivity index (χ4n) is 3.26. The Morgan fingerprint density at radius 1 is 1.07 bits per heavy atom. The highest BCUT2D eigenvalue weighted by molar-refractivity contribution is 5.91. The Hall–Kier alpha value is -3.11. The predicted molar refractivity (Wildman–Crippen MR) is 117 cm³/mol. The van der Waals surface area contributed by atoms with Crippen molar-refractivity contribution in [2.45, 2.75) is 20.0 Å². The Morgan fingerprint density at radius 3 is 2.66 bits per heavy atom. The maximum atomic E-state index is 12.8. The van der Waals surface area contributed by atoms with Crippen LogP contribution in [0.15, 0.2) is 79.0 Å². The van der Waals surface area contributed by atoms with E-state index in [1.807, 2.05) is 47.4 Å². The summed E-state index contributed by atoms with van der Waals surface area (Å²) in [5.74, 6) is -0.0193. The molecule has 1 heterocycles. The lowest BCUT2D eigenvalue weighted by atomic mass is 10.1. The van der Waals surface area contributed by atoms with Crippen LogP contribution >= 0.6 is 0 Å². The van der Waals surface area contributed by atoms with Gasteiger partial charge in [0.15, 0.2) is 0 Å². The molecule has 0 fully saturated rings. The van der Waals surface area contributed by atoms with Gasteiger partial charge in [0.25, 0.3) is 0 Å². The SMILES string of the molecule is COCCN(Cc1cccn1Cc1cccc(C)c1)C(=O)C=Cc1ccccc1. The molecule has 1 amide bonds. The number of methoxy groups -OCH3 is 1. The summed E-state index contributed by atoms with van der Waals surface area (Å²) in [6.45, 7) is 4.48. The molecule has 29 heavy (non-hydrogen) atoms. The molecular formula is C25H28N2O2. The quantitative estimate of drug-likeness (QED) is 0.505. The maximum Gasteiger partial charge on any atom is 0.247 e. The first-order valence-corrected chi connectivity index (χ1v) is 9.86. The molecule has 0 spiro atoms. The summed E-state index contributed by atoms with van der Waals surface area (Å²) >= 11 is 0. The number of amides is 1. The molecule has 1 aromatic heterocycles. The van der Waals surface area contributed by atoms with Crippen LogP contribution in [-0.4, -0.2) is 35.6 Å². The number of hydrogen-bond acceptors (Lipinski definition) is 2. The summed E-state index contributed by atoms with van der Waals surface area (Å²) in [5, 5.41) is 0. The Bertz CT molecular complexity index is 944. The van der Waals surface area contributed by atoms with Crippen molar-refractivity contribution in [3.8, 4) is 0 Å². The van der Waals surface area contributed by atoms with E-state index in [9.17, 15) is 4.79 Å². The number of ether oxygens (including phenoxy) is 1. The van der Waals surface area contributed by atoms with E-state index in [1.54, 1.807) is 13.2 Å². The Kier molecular flexibility index (Phi) is 7.42. The zero-order valence-electron chi connectivity index (χ0n) is 17.1. The van der Waals surface area contributed by atoms with Gasteiger partial charge in [-0.05, 0) is 36.3 Å². The lowest BCUT2D eigenvalue weighted by Crippen LogP contribution is -2.33. The summed E-state index contributed by atoms with van der Waals surface area (Å²) in [6.07, 6.45) is 5.56. The van der Waals surface area contributed by atoms with Gasteiger partial charge >= 0.3 is 0 Å². The highest BCUT2D eigenvalue weighted by Crippen LogP contribution is 2.13. The molecule has 0 saturated carbocycles. The number of carbonyl (C=O) groups excluding carboxylic acids is 1. The summed E-state index contributed by atoms with van der Waals surface area (Å²) in [4.78, 5) is 14.7. The predicted octanol–water partition coefficient (Wildman–Crippen LogP) is 4.53. The molecule has 4 nitrogen and oxygen atoms in total. The topological polar surface area (TPSA) is 34.5 Å². The molecule has 0 radical (unpaired) electrons. The third kappa shape index (κ3) is 6.19. The van der Waals surface area contributed by atoms with E-state index in [1.165, 1.54) is 11.1 Å². The summed E-state index contributed by atoms with van der Waals surface area (Å²) in [5.41, 5.74) is 4.61. The highest BCUT2D eigenvalue weighted by Gasteiger charge is 2.13. The van der Waals surface area contributed by atoms with Gasteiger partial charge in [-0.15, -0.1) is 0 Å². The molecule has 0 aliphatic heterocycles. The molecular weight excluding hydrogens is 360 g/mol. The highest BCUT2D eigenvalue weighted by atomic mass is 16.5. The first-order chi connectivity index (χ1) is 14.2. The van der Waals surface area contributed by atoms with Gasteiger partial charge < -0.3 is 14.2 Å². The average molecular weight is 389 g/mol. The number of benzene rings is 2. The van der Waals surface area contributed by atoms with Gasteiger partial charge in [0.1, 0.15) is 0 Å². The van der Waals surface area contributed by atoms with Crippen LogP contribution < -0.4 is 0 Å². The minimum absolute atomic E-state index is 0.0193. The third-order valence-corrected chi connectivity index (χ3v) is 4.81. The van der Waals surface area contributed by atoms with Gasteiger partial charge in [-0.2, -0.15) is 0 Å². The van der Waals surface area contributed by atoms with Crippen LogP contribution in [0.25, 0.3) is 6.08 Å². The molecule has 0 saturated heterocycles. The van der Waals surface area contributed by atoms with E-state index in [-0.39, 0.29) is 5.91 Å². The van der Waals surface area contributed by atoms with Crippen LogP contribution in [-0.2, 0) is 22.6 Å². The van der Waals surface area contributed by atoms with Gasteiger partial charge in [-0.25, -0.2) is 0 Å². The van der Waals surface area contributed by atoms with E-state index in [4.69, 9.17) is 4.74 Å². The van der Waals surface area contributed by atoms with Crippen molar-refractivity contribution >= 4 is 12.0 Å². The van der Waals surface area contributed by atoms with Gasteiger partial charge in [0.2, 0.25) is 5.91 Å². The molecule has 3 rings (SSSR count). The van der Waals surface area contributed by atoms with Gasteiger partial charge in [-0.3, -0.25) is 4.79 Å². The zero-order valence-corrected chi connectivity index (χ0v) is 17.1. The number of aryl methyl sites for hydroxylation is 1. The molecule has 0 atom stereocenters. The van der Waals surface area contributed by atoms with Crippen LogP contribution in [0.3, 0.4) is 0 Å². The molecule has 0 aliphatic rings. The maximum absolute atomic E-state index is 12.8. The largest absolute Gasteiger partial charge is 0.383 e. The van der Waals surface area contributed by atoms with Crippen molar-refractivity contribution in [3.05, 3.63) is 101 Å². The van der Waals surface area contributed by atoms with E-state index >= 15 is 0 Å². The van der Waals surface area contributed by atoms with E-state index < -0.39 is 0 Å². The van der Waals surface area contributed by atoms with Crippen LogP contribution in [0.4, 0.5) is 0 Å². The van der Waals surface area contributed by atoms with Crippen molar-refractivity contribution < 1.29 is 9.53 Å². The summed E-state index contributed by atoms with van der Waals surface area (Å²) < 4.78 is 7.42. The summed E-state index contributed by atoms with van der Waals surface area (Å²) in [6, 6.07) is 22.5. The minimum Gasteiger partial charge on any atom is -0.383 e. The fourth-order valence-corrected chi connectivity index (χ4v) is 3.26. The Labute approximate surface area is 173 Å². The summed E-state index contributed by atoms with van der Waals surface area (Å²) in [7, 11) is 1.66.